The molecule has 0 N–H and O–H groups in total. The summed E-state index contributed by atoms with van der Waals surface area (Å²) in [4.78, 5) is 23.8. The van der Waals surface area contributed by atoms with Crippen LogP contribution in [0, 0.1) is 0 Å². The molecule has 144 valence electrons. The van der Waals surface area contributed by atoms with Crippen LogP contribution in [0.2, 0.25) is 0 Å². The minimum atomic E-state index is 0.436. The van der Waals surface area contributed by atoms with E-state index in [1.165, 1.54) is 5.56 Å². The molecule has 3 heterocycles. The highest BCUT2D eigenvalue weighted by Gasteiger charge is 1.98. The second-order valence-electron chi connectivity index (χ2n) is 6.88. The quantitative estimate of drug-likeness (QED) is 0.662. The minimum absolute atomic E-state index is 0.436. The van der Waals surface area contributed by atoms with Crippen molar-refractivity contribution < 1.29 is 0 Å². The average Bonchev–Trinajstić information content (AvgIpc) is 2.71. The Balaban J connectivity index is 0.000000202. The molecule has 6 nitrogen and oxygen atoms in total. The van der Waals surface area contributed by atoms with Crippen LogP contribution in [0.25, 0.3) is 0 Å². The van der Waals surface area contributed by atoms with Crippen molar-refractivity contribution in [1.82, 2.24) is 29.9 Å². The summed E-state index contributed by atoms with van der Waals surface area (Å²) < 4.78 is 0. The molecule has 3 rings (SSSR count). The summed E-state index contributed by atoms with van der Waals surface area (Å²) in [6, 6.07) is 3.76. The second-order valence-corrected chi connectivity index (χ2v) is 6.88. The first-order valence-corrected chi connectivity index (χ1v) is 9.19. The Hall–Kier alpha value is -2.76. The first kappa shape index (κ1) is 22.3. The van der Waals surface area contributed by atoms with Crippen LogP contribution < -0.4 is 0 Å². The summed E-state index contributed by atoms with van der Waals surface area (Å²) in [6.45, 7) is 12.6. The van der Waals surface area contributed by atoms with E-state index < -0.39 is 0 Å². The van der Waals surface area contributed by atoms with Crippen molar-refractivity contribution in [2.24, 2.45) is 0 Å². The van der Waals surface area contributed by atoms with E-state index in [9.17, 15) is 0 Å². The van der Waals surface area contributed by atoms with E-state index in [1.54, 1.807) is 31.2 Å². The Morgan fingerprint density at radius 1 is 0.630 bits per heavy atom. The van der Waals surface area contributed by atoms with Crippen LogP contribution in [0.5, 0.6) is 0 Å². The summed E-state index contributed by atoms with van der Waals surface area (Å²) >= 11 is 0. The highest BCUT2D eigenvalue weighted by Crippen LogP contribution is 2.09. The van der Waals surface area contributed by atoms with Gasteiger partial charge in [0.25, 0.3) is 0 Å². The average molecular weight is 367 g/mol. The van der Waals surface area contributed by atoms with Gasteiger partial charge >= 0.3 is 0 Å². The molecule has 0 fully saturated rings. The molecular weight excluding hydrogens is 336 g/mol. The first-order chi connectivity index (χ1) is 12.9. The number of aromatic nitrogens is 6. The van der Waals surface area contributed by atoms with E-state index in [2.05, 4.69) is 71.4 Å². The molecule has 27 heavy (non-hydrogen) atoms. The normalized spacial score (nSPS) is 10.1. The van der Waals surface area contributed by atoms with Crippen molar-refractivity contribution in [3.63, 3.8) is 0 Å². The molecule has 0 spiro atoms. The molecule has 0 aliphatic rings. The predicted molar refractivity (Wildman–Crippen MR) is 108 cm³/mol. The maximum atomic E-state index is 4.07. The predicted octanol–water partition coefficient (Wildman–Crippen LogP) is 4.80. The number of rotatable bonds is 3. The fourth-order valence-electron chi connectivity index (χ4n) is 1.86. The zero-order valence-corrected chi connectivity index (χ0v) is 17.1. The van der Waals surface area contributed by atoms with Crippen LogP contribution in [0.15, 0.2) is 55.8 Å². The van der Waals surface area contributed by atoms with Gasteiger partial charge in [-0.3, -0.25) is 0 Å². The topological polar surface area (TPSA) is 77.3 Å². The molecule has 0 atom stereocenters. The van der Waals surface area contributed by atoms with Crippen LogP contribution in [0.4, 0.5) is 0 Å². The maximum absolute atomic E-state index is 4.07. The Morgan fingerprint density at radius 3 is 1.59 bits per heavy atom. The molecule has 0 saturated carbocycles. The van der Waals surface area contributed by atoms with E-state index in [4.69, 9.17) is 0 Å². The van der Waals surface area contributed by atoms with E-state index >= 15 is 0 Å². The zero-order valence-electron chi connectivity index (χ0n) is 17.1. The smallest absolute Gasteiger partial charge is 0.130 e. The molecule has 0 radical (unpaired) electrons. The van der Waals surface area contributed by atoms with Gasteiger partial charge in [-0.1, -0.05) is 41.5 Å². The van der Waals surface area contributed by atoms with Crippen molar-refractivity contribution in [3.8, 4) is 0 Å². The molecule has 3 aromatic heterocycles. The Morgan fingerprint density at radius 2 is 1.26 bits per heavy atom. The van der Waals surface area contributed by atoms with Gasteiger partial charge in [0.05, 0.1) is 0 Å². The highest BCUT2D eigenvalue weighted by molar-refractivity contribution is 5.06. The Bertz CT molecular complexity index is 612. The van der Waals surface area contributed by atoms with Gasteiger partial charge in [-0.15, -0.1) is 0 Å². The second kappa shape index (κ2) is 12.6. The number of hydrogen-bond acceptors (Lipinski definition) is 6. The van der Waals surface area contributed by atoms with Crippen molar-refractivity contribution >= 4 is 0 Å². The molecule has 0 aliphatic heterocycles. The summed E-state index contributed by atoms with van der Waals surface area (Å²) in [6.07, 6.45) is 12.1. The van der Waals surface area contributed by atoms with E-state index in [1.807, 2.05) is 24.5 Å². The third-order valence-corrected chi connectivity index (χ3v) is 3.55. The van der Waals surface area contributed by atoms with Gasteiger partial charge in [0.2, 0.25) is 0 Å². The number of hydrogen-bond donors (Lipinski definition) is 0. The van der Waals surface area contributed by atoms with E-state index in [-0.39, 0.29) is 0 Å². The van der Waals surface area contributed by atoms with Crippen molar-refractivity contribution in [2.45, 2.75) is 59.3 Å². The Kier molecular flexibility index (Phi) is 10.4. The van der Waals surface area contributed by atoms with Crippen LogP contribution >= 0.6 is 0 Å². The molecule has 0 saturated heterocycles. The SMILES string of the molecule is CC(C)c1ccncn1.CC(C)c1cncnc1.CC(C)c1ncccn1. The van der Waals surface area contributed by atoms with Gasteiger partial charge < -0.3 is 0 Å². The van der Waals surface area contributed by atoms with Gasteiger partial charge in [0, 0.05) is 42.6 Å². The van der Waals surface area contributed by atoms with Gasteiger partial charge in [-0.2, -0.15) is 0 Å². The fourth-order valence-corrected chi connectivity index (χ4v) is 1.86. The first-order valence-electron chi connectivity index (χ1n) is 9.19. The van der Waals surface area contributed by atoms with Crippen molar-refractivity contribution in [3.05, 3.63) is 72.9 Å². The fraction of sp³-hybridized carbons (Fsp3) is 0.429. The van der Waals surface area contributed by atoms with E-state index in [0.29, 0.717) is 17.8 Å². The van der Waals surface area contributed by atoms with Crippen LogP contribution in [0.1, 0.15) is 76.4 Å². The standard InChI is InChI=1S/3C7H10N2/c1-6(2)7-3-8-5-9-4-7;1-6(2)7-3-4-8-5-9-7;1-6(2)7-8-4-3-5-9-7/h3*3-6H,1-2H3. The Labute approximate surface area is 162 Å². The van der Waals surface area contributed by atoms with Crippen LogP contribution in [-0.2, 0) is 0 Å². The minimum Gasteiger partial charge on any atom is -0.245 e. The summed E-state index contributed by atoms with van der Waals surface area (Å²) in [5.74, 6) is 2.39. The monoisotopic (exact) mass is 366 g/mol. The lowest BCUT2D eigenvalue weighted by Gasteiger charge is -1.99. The molecule has 6 heteroatoms. The lowest BCUT2D eigenvalue weighted by molar-refractivity contribution is 0.774. The van der Waals surface area contributed by atoms with Gasteiger partial charge in [0.15, 0.2) is 0 Å². The molecule has 0 aromatic carbocycles. The van der Waals surface area contributed by atoms with E-state index in [0.717, 1.165) is 11.5 Å². The van der Waals surface area contributed by atoms with Crippen LogP contribution in [-0.4, -0.2) is 29.9 Å². The molecule has 0 unspecified atom stereocenters. The molecule has 0 bridgehead atoms. The molecule has 0 amide bonds. The molecule has 0 aliphatic carbocycles. The van der Waals surface area contributed by atoms with Crippen LogP contribution in [0.3, 0.4) is 0 Å². The lowest BCUT2D eigenvalue weighted by atomic mass is 10.1. The molecule has 3 aromatic rings. The summed E-state index contributed by atoms with van der Waals surface area (Å²) in [5, 5.41) is 0. The largest absolute Gasteiger partial charge is 0.245 e. The third-order valence-electron chi connectivity index (χ3n) is 3.55. The van der Waals surface area contributed by atoms with Crippen molar-refractivity contribution in [2.75, 3.05) is 0 Å². The van der Waals surface area contributed by atoms with Gasteiger partial charge in [0.1, 0.15) is 18.5 Å². The molecular formula is C21H30N6. The van der Waals surface area contributed by atoms with Gasteiger partial charge in [-0.25, -0.2) is 29.9 Å². The summed E-state index contributed by atoms with van der Waals surface area (Å²) in [5.41, 5.74) is 2.29. The lowest BCUT2D eigenvalue weighted by Crippen LogP contribution is -1.93. The third kappa shape index (κ3) is 9.49. The van der Waals surface area contributed by atoms with Gasteiger partial charge in [-0.05, 0) is 29.5 Å². The number of nitrogens with zero attached hydrogens (tertiary/aromatic N) is 6. The highest BCUT2D eigenvalue weighted by atomic mass is 14.9. The zero-order chi connectivity index (χ0) is 20.1. The van der Waals surface area contributed by atoms with Crippen molar-refractivity contribution in [1.29, 1.82) is 0 Å². The maximum Gasteiger partial charge on any atom is 0.130 e. The summed E-state index contributed by atoms with van der Waals surface area (Å²) in [7, 11) is 0.